The third-order valence-corrected chi connectivity index (χ3v) is 1.67. The van der Waals surface area contributed by atoms with Crippen molar-refractivity contribution < 1.29 is 4.74 Å². The Hall–Kier alpha value is -0.940. The molecule has 0 saturated heterocycles. The van der Waals surface area contributed by atoms with E-state index < -0.39 is 0 Å². The van der Waals surface area contributed by atoms with Crippen LogP contribution in [0.3, 0.4) is 0 Å². The van der Waals surface area contributed by atoms with Gasteiger partial charge in [-0.2, -0.15) is 0 Å². The largest absolute Gasteiger partial charge is 0.383 e. The lowest BCUT2D eigenvalue weighted by atomic mass is 10.2. The van der Waals surface area contributed by atoms with Crippen LogP contribution in [0.5, 0.6) is 0 Å². The highest BCUT2D eigenvalue weighted by atomic mass is 16.5. The third-order valence-electron chi connectivity index (χ3n) is 1.67. The Kier molecular flexibility index (Phi) is 3.19. The molecule has 2 N–H and O–H groups in total. The smallest absolute Gasteiger partial charge is 0.0777 e. The van der Waals surface area contributed by atoms with E-state index in [1.807, 2.05) is 6.92 Å². The molecule has 1 atom stereocenters. The normalized spacial score (nSPS) is 13.2. The second-order valence-corrected chi connectivity index (χ2v) is 2.54. The minimum absolute atomic E-state index is 0.134. The van der Waals surface area contributed by atoms with E-state index >= 15 is 0 Å². The highest BCUT2D eigenvalue weighted by Gasteiger charge is 2.10. The minimum Gasteiger partial charge on any atom is -0.383 e. The number of ether oxygens (including phenoxy) is 1. The fourth-order valence-corrected chi connectivity index (χ4v) is 1.06. The fourth-order valence-electron chi connectivity index (χ4n) is 1.06. The van der Waals surface area contributed by atoms with E-state index in [0.29, 0.717) is 6.61 Å². The summed E-state index contributed by atoms with van der Waals surface area (Å²) in [6.07, 6.45) is 1.67. The number of rotatable bonds is 4. The topological polar surface area (TPSA) is 66.0 Å². The Balaban J connectivity index is 2.71. The molecular weight excluding hydrogens is 156 g/mol. The van der Waals surface area contributed by atoms with E-state index in [9.17, 15) is 0 Å². The van der Waals surface area contributed by atoms with Crippen molar-refractivity contribution in [1.29, 1.82) is 0 Å². The van der Waals surface area contributed by atoms with Crippen LogP contribution < -0.4 is 5.73 Å². The molecule has 0 bridgehead atoms. The second kappa shape index (κ2) is 4.18. The van der Waals surface area contributed by atoms with Gasteiger partial charge in [0.25, 0.3) is 0 Å². The first-order valence-corrected chi connectivity index (χ1v) is 3.92. The van der Waals surface area contributed by atoms with E-state index in [1.165, 1.54) is 0 Å². The molecule has 5 heteroatoms. The highest BCUT2D eigenvalue weighted by Crippen LogP contribution is 2.07. The van der Waals surface area contributed by atoms with Gasteiger partial charge in [0.2, 0.25) is 0 Å². The lowest BCUT2D eigenvalue weighted by molar-refractivity contribution is 0.178. The maximum absolute atomic E-state index is 5.80. The summed E-state index contributed by atoms with van der Waals surface area (Å²) >= 11 is 0. The molecule has 0 fully saturated rings. The van der Waals surface area contributed by atoms with Crippen molar-refractivity contribution in [2.24, 2.45) is 5.73 Å². The first-order chi connectivity index (χ1) is 5.79. The lowest BCUT2D eigenvalue weighted by Gasteiger charge is -2.10. The van der Waals surface area contributed by atoms with Crippen molar-refractivity contribution in [3.63, 3.8) is 0 Å². The summed E-state index contributed by atoms with van der Waals surface area (Å²) in [7, 11) is 1.62. The van der Waals surface area contributed by atoms with Gasteiger partial charge in [0.15, 0.2) is 0 Å². The summed E-state index contributed by atoms with van der Waals surface area (Å²) in [5.41, 5.74) is 6.72. The third kappa shape index (κ3) is 1.80. The number of hydrogen-bond acceptors (Lipinski definition) is 4. The summed E-state index contributed by atoms with van der Waals surface area (Å²) < 4.78 is 6.70. The van der Waals surface area contributed by atoms with Crippen molar-refractivity contribution in [2.45, 2.75) is 19.5 Å². The van der Waals surface area contributed by atoms with Crippen LogP contribution in [0.2, 0.25) is 0 Å². The van der Waals surface area contributed by atoms with Crippen molar-refractivity contribution >= 4 is 0 Å². The minimum atomic E-state index is -0.134. The fraction of sp³-hybridized carbons (Fsp3) is 0.714. The SMILES string of the molecule is CCn1nncc1C(N)COC. The van der Waals surface area contributed by atoms with Gasteiger partial charge in [-0.25, -0.2) is 4.68 Å². The zero-order valence-electron chi connectivity index (χ0n) is 7.40. The molecule has 12 heavy (non-hydrogen) atoms. The van der Waals surface area contributed by atoms with Gasteiger partial charge in [-0.3, -0.25) is 0 Å². The molecule has 68 valence electrons. The summed E-state index contributed by atoms with van der Waals surface area (Å²) in [4.78, 5) is 0. The number of nitrogens with two attached hydrogens (primary N) is 1. The molecule has 1 rings (SSSR count). The standard InChI is InChI=1S/C7H14N4O/c1-3-11-7(4-9-10-11)6(8)5-12-2/h4,6H,3,5,8H2,1-2H3. The van der Waals surface area contributed by atoms with Crippen LogP contribution in [0.4, 0.5) is 0 Å². The number of methoxy groups -OCH3 is 1. The Morgan fingerprint density at radius 2 is 2.50 bits per heavy atom. The van der Waals surface area contributed by atoms with E-state index in [4.69, 9.17) is 10.5 Å². The molecule has 0 amide bonds. The first-order valence-electron chi connectivity index (χ1n) is 3.92. The van der Waals surface area contributed by atoms with Crippen LogP contribution in [0.25, 0.3) is 0 Å². The second-order valence-electron chi connectivity index (χ2n) is 2.54. The zero-order valence-corrected chi connectivity index (χ0v) is 7.40. The van der Waals surface area contributed by atoms with Crippen LogP contribution in [-0.4, -0.2) is 28.7 Å². The summed E-state index contributed by atoms with van der Waals surface area (Å²) in [6.45, 7) is 3.28. The Morgan fingerprint density at radius 3 is 3.08 bits per heavy atom. The van der Waals surface area contributed by atoms with Crippen LogP contribution >= 0.6 is 0 Å². The molecule has 5 nitrogen and oxygen atoms in total. The average Bonchev–Trinajstić information content (AvgIpc) is 2.51. The van der Waals surface area contributed by atoms with Gasteiger partial charge in [-0.1, -0.05) is 5.21 Å². The Morgan fingerprint density at radius 1 is 1.75 bits per heavy atom. The van der Waals surface area contributed by atoms with Crippen LogP contribution in [-0.2, 0) is 11.3 Å². The van der Waals surface area contributed by atoms with E-state index in [2.05, 4.69) is 10.3 Å². The van der Waals surface area contributed by atoms with Gasteiger partial charge in [-0.05, 0) is 6.92 Å². The molecule has 0 aliphatic rings. The molecule has 0 aliphatic carbocycles. The Bertz CT molecular complexity index is 235. The average molecular weight is 170 g/mol. The van der Waals surface area contributed by atoms with Crippen molar-refractivity contribution in [3.05, 3.63) is 11.9 Å². The summed E-state index contributed by atoms with van der Waals surface area (Å²) in [5, 5.41) is 7.64. The molecule has 1 aromatic rings. The van der Waals surface area contributed by atoms with E-state index in [1.54, 1.807) is 18.0 Å². The van der Waals surface area contributed by atoms with Gasteiger partial charge < -0.3 is 10.5 Å². The first kappa shape index (κ1) is 9.15. The maximum Gasteiger partial charge on any atom is 0.0777 e. The quantitative estimate of drug-likeness (QED) is 0.687. The Labute approximate surface area is 71.5 Å². The molecule has 0 aliphatic heterocycles. The number of nitrogens with zero attached hydrogens (tertiary/aromatic N) is 3. The van der Waals surface area contributed by atoms with Gasteiger partial charge >= 0.3 is 0 Å². The van der Waals surface area contributed by atoms with Gasteiger partial charge in [0.1, 0.15) is 0 Å². The van der Waals surface area contributed by atoms with E-state index in [-0.39, 0.29) is 6.04 Å². The molecule has 1 unspecified atom stereocenters. The molecule has 1 aromatic heterocycles. The zero-order chi connectivity index (χ0) is 8.97. The molecule has 1 heterocycles. The van der Waals surface area contributed by atoms with Crippen LogP contribution in [0, 0.1) is 0 Å². The monoisotopic (exact) mass is 170 g/mol. The summed E-state index contributed by atoms with van der Waals surface area (Å²) in [6, 6.07) is -0.134. The highest BCUT2D eigenvalue weighted by molar-refractivity contribution is 5.00. The number of aryl methyl sites for hydroxylation is 1. The molecular formula is C7H14N4O. The predicted octanol–water partition coefficient (Wildman–Crippen LogP) is -0.0558. The van der Waals surface area contributed by atoms with Crippen LogP contribution in [0.1, 0.15) is 18.7 Å². The van der Waals surface area contributed by atoms with Crippen molar-refractivity contribution in [3.8, 4) is 0 Å². The lowest BCUT2D eigenvalue weighted by Crippen LogP contribution is -2.20. The predicted molar refractivity (Wildman–Crippen MR) is 44.5 cm³/mol. The van der Waals surface area contributed by atoms with Crippen LogP contribution in [0.15, 0.2) is 6.20 Å². The van der Waals surface area contributed by atoms with Crippen molar-refractivity contribution in [2.75, 3.05) is 13.7 Å². The van der Waals surface area contributed by atoms with E-state index in [0.717, 1.165) is 12.2 Å². The molecule has 0 spiro atoms. The van der Waals surface area contributed by atoms with Crippen molar-refractivity contribution in [1.82, 2.24) is 15.0 Å². The molecule has 0 aromatic carbocycles. The summed E-state index contributed by atoms with van der Waals surface area (Å²) in [5.74, 6) is 0. The number of aromatic nitrogens is 3. The molecule has 0 saturated carbocycles. The number of hydrogen-bond donors (Lipinski definition) is 1. The van der Waals surface area contributed by atoms with Gasteiger partial charge in [0.05, 0.1) is 24.5 Å². The maximum atomic E-state index is 5.80. The molecule has 0 radical (unpaired) electrons. The van der Waals surface area contributed by atoms with Gasteiger partial charge in [0, 0.05) is 13.7 Å². The van der Waals surface area contributed by atoms with Gasteiger partial charge in [-0.15, -0.1) is 5.10 Å².